The molecule has 0 saturated heterocycles. The normalized spacial score (nSPS) is 13.2. The first-order valence-electron chi connectivity index (χ1n) is 8.21. The Morgan fingerprint density at radius 2 is 1.28 bits per heavy atom. The molecule has 3 aromatic rings. The molecular formula is C22H20O3. The molecule has 3 rings (SSSR count). The van der Waals surface area contributed by atoms with E-state index in [9.17, 15) is 15.0 Å². The van der Waals surface area contributed by atoms with E-state index >= 15 is 0 Å². The summed E-state index contributed by atoms with van der Waals surface area (Å²) < 4.78 is 0. The van der Waals surface area contributed by atoms with Gasteiger partial charge in [0.05, 0.1) is 6.42 Å². The van der Waals surface area contributed by atoms with E-state index in [0.29, 0.717) is 5.56 Å². The van der Waals surface area contributed by atoms with Gasteiger partial charge in [0, 0.05) is 6.42 Å². The number of aliphatic carboxylic acids is 1. The highest BCUT2D eigenvalue weighted by Gasteiger charge is 2.32. The first-order chi connectivity index (χ1) is 12.1. The summed E-state index contributed by atoms with van der Waals surface area (Å²) in [5.74, 6) is -1.02. The maximum atomic E-state index is 11.3. The Morgan fingerprint density at radius 1 is 0.760 bits per heavy atom. The molecule has 0 aromatic heterocycles. The SMILES string of the molecule is O=C(O)C[C@](O)(Cc1ccccc1)c1ccc(-c2ccccc2)cc1. The van der Waals surface area contributed by atoms with Crippen molar-refractivity contribution in [3.05, 3.63) is 96.1 Å². The van der Waals surface area contributed by atoms with E-state index in [2.05, 4.69) is 0 Å². The van der Waals surface area contributed by atoms with Crippen LogP contribution in [0.5, 0.6) is 0 Å². The van der Waals surface area contributed by atoms with Crippen molar-refractivity contribution in [3.63, 3.8) is 0 Å². The first-order valence-corrected chi connectivity index (χ1v) is 8.21. The summed E-state index contributed by atoms with van der Waals surface area (Å²) in [7, 11) is 0. The summed E-state index contributed by atoms with van der Waals surface area (Å²) in [4.78, 5) is 11.3. The van der Waals surface area contributed by atoms with Crippen molar-refractivity contribution in [1.82, 2.24) is 0 Å². The standard InChI is InChI=1S/C22H20O3/c23-21(24)16-22(25,15-17-7-3-1-4-8-17)20-13-11-19(12-14-20)18-9-5-2-6-10-18/h1-14,25H,15-16H2,(H,23,24)/t22-/m1/s1. The summed E-state index contributed by atoms with van der Waals surface area (Å²) in [5, 5.41) is 20.3. The molecule has 0 unspecified atom stereocenters. The van der Waals surface area contributed by atoms with Crippen LogP contribution in [-0.4, -0.2) is 16.2 Å². The zero-order chi connectivity index (χ0) is 17.7. The van der Waals surface area contributed by atoms with Gasteiger partial charge in [-0.05, 0) is 22.3 Å². The highest BCUT2D eigenvalue weighted by molar-refractivity contribution is 5.69. The highest BCUT2D eigenvalue weighted by Crippen LogP contribution is 2.31. The first kappa shape index (κ1) is 16.9. The molecule has 25 heavy (non-hydrogen) atoms. The van der Waals surface area contributed by atoms with Gasteiger partial charge in [-0.25, -0.2) is 0 Å². The fourth-order valence-electron chi connectivity index (χ4n) is 3.05. The third-order valence-corrected chi connectivity index (χ3v) is 4.31. The molecule has 2 N–H and O–H groups in total. The number of benzene rings is 3. The molecule has 0 radical (unpaired) electrons. The van der Waals surface area contributed by atoms with Crippen molar-refractivity contribution < 1.29 is 15.0 Å². The van der Waals surface area contributed by atoms with Crippen LogP contribution in [0.4, 0.5) is 0 Å². The molecule has 0 bridgehead atoms. The average molecular weight is 332 g/mol. The van der Waals surface area contributed by atoms with Crippen LogP contribution in [0.2, 0.25) is 0 Å². The minimum Gasteiger partial charge on any atom is -0.481 e. The van der Waals surface area contributed by atoms with Crippen LogP contribution in [0, 0.1) is 0 Å². The van der Waals surface area contributed by atoms with Crippen molar-refractivity contribution in [1.29, 1.82) is 0 Å². The zero-order valence-corrected chi connectivity index (χ0v) is 13.8. The molecule has 0 saturated carbocycles. The van der Waals surface area contributed by atoms with Crippen molar-refractivity contribution in [2.24, 2.45) is 0 Å². The monoisotopic (exact) mass is 332 g/mol. The van der Waals surface area contributed by atoms with E-state index in [1.54, 1.807) is 0 Å². The van der Waals surface area contributed by atoms with Gasteiger partial charge < -0.3 is 10.2 Å². The molecule has 0 fully saturated rings. The average Bonchev–Trinajstić information content (AvgIpc) is 2.63. The largest absolute Gasteiger partial charge is 0.481 e. The number of hydrogen-bond donors (Lipinski definition) is 2. The van der Waals surface area contributed by atoms with Crippen molar-refractivity contribution >= 4 is 5.97 Å². The third kappa shape index (κ3) is 4.14. The molecule has 1 atom stereocenters. The number of aliphatic hydroxyl groups is 1. The van der Waals surface area contributed by atoms with E-state index in [1.165, 1.54) is 0 Å². The lowest BCUT2D eigenvalue weighted by atomic mass is 9.84. The van der Waals surface area contributed by atoms with E-state index in [-0.39, 0.29) is 12.8 Å². The molecule has 0 spiro atoms. The van der Waals surface area contributed by atoms with Crippen LogP contribution < -0.4 is 0 Å². The van der Waals surface area contributed by atoms with Crippen LogP contribution in [0.3, 0.4) is 0 Å². The van der Waals surface area contributed by atoms with Gasteiger partial charge in [-0.1, -0.05) is 84.9 Å². The van der Waals surface area contributed by atoms with E-state index in [4.69, 9.17) is 0 Å². The van der Waals surface area contributed by atoms with Gasteiger partial charge in [-0.2, -0.15) is 0 Å². The van der Waals surface area contributed by atoms with E-state index < -0.39 is 11.6 Å². The quantitative estimate of drug-likeness (QED) is 0.709. The van der Waals surface area contributed by atoms with Gasteiger partial charge in [0.2, 0.25) is 0 Å². The number of hydrogen-bond acceptors (Lipinski definition) is 2. The number of carboxylic acid groups (broad SMARTS) is 1. The van der Waals surface area contributed by atoms with Crippen LogP contribution in [0.15, 0.2) is 84.9 Å². The lowest BCUT2D eigenvalue weighted by molar-refractivity contribution is -0.143. The smallest absolute Gasteiger partial charge is 0.306 e. The fourth-order valence-corrected chi connectivity index (χ4v) is 3.05. The van der Waals surface area contributed by atoms with E-state index in [1.807, 2.05) is 84.9 Å². The van der Waals surface area contributed by atoms with Crippen LogP contribution in [-0.2, 0) is 16.8 Å². The minimum atomic E-state index is -1.44. The maximum Gasteiger partial charge on any atom is 0.306 e. The van der Waals surface area contributed by atoms with Crippen molar-refractivity contribution in [2.45, 2.75) is 18.4 Å². The third-order valence-electron chi connectivity index (χ3n) is 4.31. The zero-order valence-electron chi connectivity index (χ0n) is 13.8. The lowest BCUT2D eigenvalue weighted by Crippen LogP contribution is -2.31. The van der Waals surface area contributed by atoms with Crippen LogP contribution >= 0.6 is 0 Å². The number of carbonyl (C=O) groups is 1. The molecule has 0 heterocycles. The second kappa shape index (κ2) is 7.32. The lowest BCUT2D eigenvalue weighted by Gasteiger charge is -2.27. The molecule has 0 amide bonds. The highest BCUT2D eigenvalue weighted by atomic mass is 16.4. The Hall–Kier alpha value is -2.91. The van der Waals surface area contributed by atoms with Gasteiger partial charge in [0.15, 0.2) is 0 Å². The molecule has 3 aromatic carbocycles. The second-order valence-electron chi connectivity index (χ2n) is 6.21. The summed E-state index contributed by atoms with van der Waals surface area (Å²) >= 11 is 0. The van der Waals surface area contributed by atoms with Crippen LogP contribution in [0.25, 0.3) is 11.1 Å². The van der Waals surface area contributed by atoms with Crippen LogP contribution in [0.1, 0.15) is 17.5 Å². The van der Waals surface area contributed by atoms with E-state index in [0.717, 1.165) is 16.7 Å². The molecule has 3 heteroatoms. The second-order valence-corrected chi connectivity index (χ2v) is 6.21. The predicted octanol–water partition coefficient (Wildman–Crippen LogP) is 4.26. The van der Waals surface area contributed by atoms with Gasteiger partial charge in [-0.3, -0.25) is 4.79 Å². The molecular weight excluding hydrogens is 312 g/mol. The van der Waals surface area contributed by atoms with Gasteiger partial charge in [0.1, 0.15) is 5.60 Å². The van der Waals surface area contributed by atoms with Gasteiger partial charge >= 0.3 is 5.97 Å². The molecule has 3 nitrogen and oxygen atoms in total. The fraction of sp³-hybridized carbons (Fsp3) is 0.136. The Morgan fingerprint density at radius 3 is 1.84 bits per heavy atom. The van der Waals surface area contributed by atoms with Gasteiger partial charge in [0.25, 0.3) is 0 Å². The maximum absolute atomic E-state index is 11.3. The Bertz CT molecular complexity index is 826. The molecule has 0 aliphatic carbocycles. The predicted molar refractivity (Wildman–Crippen MR) is 98.2 cm³/mol. The Balaban J connectivity index is 1.92. The molecule has 0 aliphatic heterocycles. The van der Waals surface area contributed by atoms with Crippen molar-refractivity contribution in [3.8, 4) is 11.1 Å². The number of rotatable bonds is 6. The molecule has 0 aliphatic rings. The Kier molecular flexibility index (Phi) is 4.96. The number of carboxylic acids is 1. The summed E-state index contributed by atoms with van der Waals surface area (Å²) in [6, 6.07) is 26.9. The van der Waals surface area contributed by atoms with Crippen molar-refractivity contribution in [2.75, 3.05) is 0 Å². The Labute approximate surface area is 147 Å². The summed E-state index contributed by atoms with van der Waals surface area (Å²) in [5.41, 5.74) is 2.18. The van der Waals surface area contributed by atoms with Gasteiger partial charge in [-0.15, -0.1) is 0 Å². The summed E-state index contributed by atoms with van der Waals surface area (Å²) in [6.45, 7) is 0. The summed E-state index contributed by atoms with van der Waals surface area (Å²) in [6.07, 6.45) is -0.0859. The minimum absolute atomic E-state index is 0.255. The molecule has 126 valence electrons. The topological polar surface area (TPSA) is 57.5 Å².